The number of aromatic nitrogens is 2. The van der Waals surface area contributed by atoms with Gasteiger partial charge in [-0.1, -0.05) is 27.7 Å². The first-order valence-electron chi connectivity index (χ1n) is 8.14. The van der Waals surface area contributed by atoms with Gasteiger partial charge >= 0.3 is 0 Å². The number of ether oxygens (including phenoxy) is 1. The highest BCUT2D eigenvalue weighted by Gasteiger charge is 2.37. The predicted molar refractivity (Wildman–Crippen MR) is 86.7 cm³/mol. The Labute approximate surface area is 131 Å². The van der Waals surface area contributed by atoms with Gasteiger partial charge < -0.3 is 9.30 Å². The molecule has 3 nitrogen and oxygen atoms in total. The van der Waals surface area contributed by atoms with Crippen molar-refractivity contribution in [3.8, 4) is 5.75 Å². The van der Waals surface area contributed by atoms with Crippen LogP contribution in [0, 0.1) is 17.2 Å². The van der Waals surface area contributed by atoms with Crippen molar-refractivity contribution in [2.45, 2.75) is 53.0 Å². The van der Waals surface area contributed by atoms with Gasteiger partial charge in [0.25, 0.3) is 0 Å². The van der Waals surface area contributed by atoms with Crippen LogP contribution in [-0.4, -0.2) is 16.2 Å². The molecule has 2 aromatic rings. The standard InChI is InChI=1S/C18H25FN2O/c1-12(2)5-6-22-14-7-15(19)17-16(8-14)20-11-21(17)13-9-18(3,4)10-13/h7-8,11-13H,5-6,9-10H2,1-4H3. The van der Waals surface area contributed by atoms with Crippen LogP contribution in [0.25, 0.3) is 11.0 Å². The normalized spacial score (nSPS) is 17.9. The summed E-state index contributed by atoms with van der Waals surface area (Å²) in [7, 11) is 0. The highest BCUT2D eigenvalue weighted by Crippen LogP contribution is 2.48. The second-order valence-corrected chi connectivity index (χ2v) is 7.68. The molecular formula is C18H25FN2O. The minimum Gasteiger partial charge on any atom is -0.493 e. The topological polar surface area (TPSA) is 27.1 Å². The van der Waals surface area contributed by atoms with Gasteiger partial charge in [-0.25, -0.2) is 9.37 Å². The molecule has 1 aromatic heterocycles. The van der Waals surface area contributed by atoms with Crippen LogP contribution in [0.15, 0.2) is 18.5 Å². The van der Waals surface area contributed by atoms with Crippen molar-refractivity contribution >= 4 is 11.0 Å². The van der Waals surface area contributed by atoms with Crippen LogP contribution in [0.4, 0.5) is 4.39 Å². The van der Waals surface area contributed by atoms with Gasteiger partial charge in [-0.3, -0.25) is 0 Å². The van der Waals surface area contributed by atoms with Crippen LogP contribution < -0.4 is 4.74 Å². The van der Waals surface area contributed by atoms with Gasteiger partial charge in [0.15, 0.2) is 5.82 Å². The Morgan fingerprint density at radius 1 is 1.36 bits per heavy atom. The van der Waals surface area contributed by atoms with Gasteiger partial charge in [-0.2, -0.15) is 0 Å². The van der Waals surface area contributed by atoms with Gasteiger partial charge in [0.1, 0.15) is 11.3 Å². The number of benzene rings is 1. The number of hydrogen-bond acceptors (Lipinski definition) is 2. The van der Waals surface area contributed by atoms with E-state index in [2.05, 4.69) is 32.7 Å². The third kappa shape index (κ3) is 2.96. The van der Waals surface area contributed by atoms with Crippen LogP contribution in [0.1, 0.15) is 53.0 Å². The lowest BCUT2D eigenvalue weighted by atomic mass is 9.68. The summed E-state index contributed by atoms with van der Waals surface area (Å²) >= 11 is 0. The second-order valence-electron chi connectivity index (χ2n) is 7.68. The number of fused-ring (bicyclic) bond motifs is 1. The summed E-state index contributed by atoms with van der Waals surface area (Å²) in [6.07, 6.45) is 4.88. The maximum atomic E-state index is 14.5. The highest BCUT2D eigenvalue weighted by molar-refractivity contribution is 5.78. The average molecular weight is 304 g/mol. The Kier molecular flexibility index (Phi) is 3.87. The number of imidazole rings is 1. The largest absolute Gasteiger partial charge is 0.493 e. The molecule has 0 N–H and O–H groups in total. The fourth-order valence-corrected chi connectivity index (χ4v) is 3.28. The van der Waals surface area contributed by atoms with Gasteiger partial charge in [0.2, 0.25) is 0 Å². The Bertz CT molecular complexity index is 667. The third-order valence-electron chi connectivity index (χ3n) is 4.53. The van der Waals surface area contributed by atoms with Crippen molar-refractivity contribution in [3.63, 3.8) is 0 Å². The molecular weight excluding hydrogens is 279 g/mol. The van der Waals surface area contributed by atoms with Crippen LogP contribution in [-0.2, 0) is 0 Å². The predicted octanol–water partition coefficient (Wildman–Crippen LogP) is 4.96. The van der Waals surface area contributed by atoms with E-state index in [0.29, 0.717) is 40.8 Å². The van der Waals surface area contributed by atoms with Crippen molar-refractivity contribution in [1.82, 2.24) is 9.55 Å². The molecule has 3 rings (SSSR count). The summed E-state index contributed by atoms with van der Waals surface area (Å²) in [6.45, 7) is 9.41. The summed E-state index contributed by atoms with van der Waals surface area (Å²) in [4.78, 5) is 4.38. The van der Waals surface area contributed by atoms with Gasteiger partial charge in [0.05, 0.1) is 18.5 Å². The molecule has 0 aliphatic heterocycles. The SMILES string of the molecule is CC(C)CCOc1cc(F)c2c(c1)ncn2C1CC(C)(C)C1. The fourth-order valence-electron chi connectivity index (χ4n) is 3.28. The lowest BCUT2D eigenvalue weighted by Gasteiger charge is -2.43. The maximum Gasteiger partial charge on any atom is 0.152 e. The van der Waals surface area contributed by atoms with E-state index < -0.39 is 0 Å². The summed E-state index contributed by atoms with van der Waals surface area (Å²) in [5.41, 5.74) is 1.65. The molecule has 120 valence electrons. The molecule has 0 saturated heterocycles. The van der Waals surface area contributed by atoms with E-state index in [1.54, 1.807) is 6.33 Å². The molecule has 4 heteroatoms. The average Bonchev–Trinajstić information content (AvgIpc) is 2.79. The second kappa shape index (κ2) is 5.56. The first kappa shape index (κ1) is 15.3. The van der Waals surface area contributed by atoms with Gasteiger partial charge in [0, 0.05) is 18.2 Å². The monoisotopic (exact) mass is 304 g/mol. The number of nitrogens with zero attached hydrogens (tertiary/aromatic N) is 2. The number of rotatable bonds is 5. The van der Waals surface area contributed by atoms with Crippen molar-refractivity contribution < 1.29 is 9.13 Å². The van der Waals surface area contributed by atoms with Crippen molar-refractivity contribution in [1.29, 1.82) is 0 Å². The Morgan fingerprint density at radius 2 is 2.09 bits per heavy atom. The van der Waals surface area contributed by atoms with Crippen molar-refractivity contribution in [2.75, 3.05) is 6.61 Å². The molecule has 1 saturated carbocycles. The van der Waals surface area contributed by atoms with E-state index in [1.165, 1.54) is 6.07 Å². The number of hydrogen-bond donors (Lipinski definition) is 0. The Hall–Kier alpha value is -1.58. The molecule has 0 radical (unpaired) electrons. The van der Waals surface area contributed by atoms with Crippen LogP contribution in [0.3, 0.4) is 0 Å². The van der Waals surface area contributed by atoms with E-state index in [9.17, 15) is 4.39 Å². The fraction of sp³-hybridized carbons (Fsp3) is 0.611. The van der Waals surface area contributed by atoms with Crippen LogP contribution >= 0.6 is 0 Å². The first-order chi connectivity index (χ1) is 10.4. The highest BCUT2D eigenvalue weighted by atomic mass is 19.1. The summed E-state index contributed by atoms with van der Waals surface area (Å²) < 4.78 is 22.2. The van der Waals surface area contributed by atoms with E-state index in [0.717, 1.165) is 19.3 Å². The van der Waals surface area contributed by atoms with E-state index in [4.69, 9.17) is 4.74 Å². The van der Waals surface area contributed by atoms with Crippen LogP contribution in [0.5, 0.6) is 5.75 Å². The number of halogens is 1. The first-order valence-corrected chi connectivity index (χ1v) is 8.14. The molecule has 1 heterocycles. The summed E-state index contributed by atoms with van der Waals surface area (Å²) in [5, 5.41) is 0. The smallest absolute Gasteiger partial charge is 0.152 e. The van der Waals surface area contributed by atoms with Crippen molar-refractivity contribution in [2.24, 2.45) is 11.3 Å². The molecule has 1 aromatic carbocycles. The lowest BCUT2D eigenvalue weighted by molar-refractivity contribution is 0.106. The summed E-state index contributed by atoms with van der Waals surface area (Å²) in [6, 6.07) is 3.70. The van der Waals surface area contributed by atoms with E-state index >= 15 is 0 Å². The zero-order valence-corrected chi connectivity index (χ0v) is 13.9. The maximum absolute atomic E-state index is 14.5. The molecule has 0 atom stereocenters. The minimum absolute atomic E-state index is 0.237. The molecule has 1 aliphatic carbocycles. The lowest BCUT2D eigenvalue weighted by Crippen LogP contribution is -2.33. The minimum atomic E-state index is -0.237. The molecule has 0 unspecified atom stereocenters. The quantitative estimate of drug-likeness (QED) is 0.780. The molecule has 22 heavy (non-hydrogen) atoms. The zero-order valence-electron chi connectivity index (χ0n) is 13.9. The molecule has 0 bridgehead atoms. The van der Waals surface area contributed by atoms with Gasteiger partial charge in [-0.05, 0) is 30.6 Å². The molecule has 0 amide bonds. The van der Waals surface area contributed by atoms with E-state index in [1.807, 2.05) is 10.6 Å². The van der Waals surface area contributed by atoms with Crippen LogP contribution in [0.2, 0.25) is 0 Å². The van der Waals surface area contributed by atoms with E-state index in [-0.39, 0.29) is 5.82 Å². The molecule has 1 fully saturated rings. The van der Waals surface area contributed by atoms with Crippen molar-refractivity contribution in [3.05, 3.63) is 24.3 Å². The third-order valence-corrected chi connectivity index (χ3v) is 4.53. The molecule has 0 spiro atoms. The summed E-state index contributed by atoms with van der Waals surface area (Å²) in [5.74, 6) is 0.916. The Morgan fingerprint density at radius 3 is 2.73 bits per heavy atom. The molecule has 1 aliphatic rings. The van der Waals surface area contributed by atoms with Gasteiger partial charge in [-0.15, -0.1) is 0 Å². The Balaban J connectivity index is 1.81. The zero-order chi connectivity index (χ0) is 15.9.